The van der Waals surface area contributed by atoms with E-state index in [9.17, 15) is 0 Å². The Labute approximate surface area is 116 Å². The van der Waals surface area contributed by atoms with Crippen molar-refractivity contribution in [1.82, 2.24) is 4.90 Å². The fourth-order valence-electron chi connectivity index (χ4n) is 2.44. The number of unbranched alkanes of at least 4 members (excludes halogenated alkanes) is 10. The zero-order valence-electron chi connectivity index (χ0n) is 13.3. The van der Waals surface area contributed by atoms with E-state index in [1.807, 2.05) is 0 Å². The summed E-state index contributed by atoms with van der Waals surface area (Å²) in [5, 5.41) is 0. The SMILES string of the molecule is CCCCCCCCCN(C)CCCCCCC. The van der Waals surface area contributed by atoms with Gasteiger partial charge in [-0.1, -0.05) is 78.1 Å². The van der Waals surface area contributed by atoms with Crippen LogP contribution in [0.25, 0.3) is 0 Å². The molecule has 0 saturated carbocycles. The Hall–Kier alpha value is -0.0400. The van der Waals surface area contributed by atoms with Gasteiger partial charge in [0.25, 0.3) is 0 Å². The highest BCUT2D eigenvalue weighted by Gasteiger charge is 1.98. The summed E-state index contributed by atoms with van der Waals surface area (Å²) >= 11 is 0. The summed E-state index contributed by atoms with van der Waals surface area (Å²) in [5.41, 5.74) is 0. The summed E-state index contributed by atoms with van der Waals surface area (Å²) in [6.07, 6.45) is 17.0. The molecule has 0 aliphatic rings. The maximum absolute atomic E-state index is 2.53. The van der Waals surface area contributed by atoms with Crippen LogP contribution in [-0.4, -0.2) is 25.0 Å². The van der Waals surface area contributed by atoms with Crippen molar-refractivity contribution >= 4 is 0 Å². The van der Waals surface area contributed by atoms with Gasteiger partial charge in [-0.2, -0.15) is 0 Å². The van der Waals surface area contributed by atoms with E-state index >= 15 is 0 Å². The molecule has 0 aromatic heterocycles. The number of nitrogens with zero attached hydrogens (tertiary/aromatic N) is 1. The summed E-state index contributed by atoms with van der Waals surface area (Å²) < 4.78 is 0. The quantitative estimate of drug-likeness (QED) is 0.363. The van der Waals surface area contributed by atoms with Crippen molar-refractivity contribution in [2.45, 2.75) is 90.9 Å². The van der Waals surface area contributed by atoms with Crippen LogP contribution in [0.2, 0.25) is 0 Å². The molecule has 1 heteroatoms. The normalized spacial score (nSPS) is 11.3. The largest absolute Gasteiger partial charge is 0.306 e. The highest BCUT2D eigenvalue weighted by Crippen LogP contribution is 2.08. The van der Waals surface area contributed by atoms with Crippen molar-refractivity contribution in [2.24, 2.45) is 0 Å². The molecule has 0 amide bonds. The second-order valence-corrected chi connectivity index (χ2v) is 5.84. The molecule has 0 unspecified atom stereocenters. The first kappa shape index (κ1) is 18.0. The smallest absolute Gasteiger partial charge is 0.00218 e. The molecule has 0 rings (SSSR count). The van der Waals surface area contributed by atoms with E-state index in [0.29, 0.717) is 0 Å². The molecule has 1 nitrogen and oxygen atoms in total. The van der Waals surface area contributed by atoms with Gasteiger partial charge in [-0.05, 0) is 33.0 Å². The molecule has 0 bridgehead atoms. The molecular formula is C17H37N. The number of hydrogen-bond acceptors (Lipinski definition) is 1. The molecule has 0 aliphatic carbocycles. The lowest BCUT2D eigenvalue weighted by molar-refractivity contribution is 0.314. The van der Waals surface area contributed by atoms with Crippen molar-refractivity contribution in [2.75, 3.05) is 20.1 Å². The first-order valence-electron chi connectivity index (χ1n) is 8.49. The van der Waals surface area contributed by atoms with Crippen molar-refractivity contribution in [3.8, 4) is 0 Å². The zero-order chi connectivity index (χ0) is 13.5. The highest BCUT2D eigenvalue weighted by molar-refractivity contribution is 4.54. The third kappa shape index (κ3) is 14.0. The molecule has 0 atom stereocenters. The van der Waals surface area contributed by atoms with Crippen LogP contribution in [0.1, 0.15) is 90.9 Å². The summed E-state index contributed by atoms with van der Waals surface area (Å²) in [4.78, 5) is 2.53. The minimum Gasteiger partial charge on any atom is -0.306 e. The molecule has 18 heavy (non-hydrogen) atoms. The van der Waals surface area contributed by atoms with Crippen molar-refractivity contribution in [3.63, 3.8) is 0 Å². The lowest BCUT2D eigenvalue weighted by Crippen LogP contribution is -2.20. The lowest BCUT2D eigenvalue weighted by atomic mass is 10.1. The topological polar surface area (TPSA) is 3.24 Å². The average molecular weight is 255 g/mol. The highest BCUT2D eigenvalue weighted by atomic mass is 15.1. The van der Waals surface area contributed by atoms with E-state index < -0.39 is 0 Å². The Bertz CT molecular complexity index is 145. The predicted molar refractivity (Wildman–Crippen MR) is 84.2 cm³/mol. The van der Waals surface area contributed by atoms with Crippen LogP contribution < -0.4 is 0 Å². The van der Waals surface area contributed by atoms with Gasteiger partial charge in [0.1, 0.15) is 0 Å². The summed E-state index contributed by atoms with van der Waals surface area (Å²) in [5.74, 6) is 0. The van der Waals surface area contributed by atoms with Crippen LogP contribution in [0.15, 0.2) is 0 Å². The second-order valence-electron chi connectivity index (χ2n) is 5.84. The van der Waals surface area contributed by atoms with Gasteiger partial charge < -0.3 is 4.90 Å². The first-order valence-corrected chi connectivity index (χ1v) is 8.49. The molecular weight excluding hydrogens is 218 g/mol. The fraction of sp³-hybridized carbons (Fsp3) is 1.00. The van der Waals surface area contributed by atoms with Gasteiger partial charge in [-0.3, -0.25) is 0 Å². The van der Waals surface area contributed by atoms with Gasteiger partial charge in [0, 0.05) is 0 Å². The van der Waals surface area contributed by atoms with Crippen LogP contribution in [-0.2, 0) is 0 Å². The molecule has 0 aliphatic heterocycles. The van der Waals surface area contributed by atoms with E-state index in [-0.39, 0.29) is 0 Å². The van der Waals surface area contributed by atoms with Crippen LogP contribution in [0.5, 0.6) is 0 Å². The van der Waals surface area contributed by atoms with Gasteiger partial charge in [-0.25, -0.2) is 0 Å². The molecule has 0 saturated heterocycles. The predicted octanol–water partition coefficient (Wildman–Crippen LogP) is 5.64. The molecule has 0 N–H and O–H groups in total. The van der Waals surface area contributed by atoms with Gasteiger partial charge in [0.15, 0.2) is 0 Å². The Morgan fingerprint density at radius 2 is 0.833 bits per heavy atom. The maximum Gasteiger partial charge on any atom is -0.00218 e. The molecule has 0 heterocycles. The van der Waals surface area contributed by atoms with Crippen LogP contribution in [0.4, 0.5) is 0 Å². The number of rotatable bonds is 14. The van der Waals surface area contributed by atoms with Crippen molar-refractivity contribution in [3.05, 3.63) is 0 Å². The Morgan fingerprint density at radius 1 is 0.500 bits per heavy atom. The Balaban J connectivity index is 3.09. The van der Waals surface area contributed by atoms with Crippen LogP contribution >= 0.6 is 0 Å². The molecule has 0 radical (unpaired) electrons. The third-order valence-corrected chi connectivity index (χ3v) is 3.79. The van der Waals surface area contributed by atoms with E-state index in [1.165, 1.54) is 90.1 Å². The van der Waals surface area contributed by atoms with Gasteiger partial charge in [-0.15, -0.1) is 0 Å². The third-order valence-electron chi connectivity index (χ3n) is 3.79. The van der Waals surface area contributed by atoms with Crippen LogP contribution in [0.3, 0.4) is 0 Å². The second kappa shape index (κ2) is 15.0. The number of hydrogen-bond donors (Lipinski definition) is 0. The molecule has 0 fully saturated rings. The van der Waals surface area contributed by atoms with Gasteiger partial charge in [0.2, 0.25) is 0 Å². The van der Waals surface area contributed by atoms with Crippen molar-refractivity contribution in [1.29, 1.82) is 0 Å². The zero-order valence-corrected chi connectivity index (χ0v) is 13.3. The first-order chi connectivity index (χ1) is 8.81. The maximum atomic E-state index is 2.53. The molecule has 0 spiro atoms. The average Bonchev–Trinajstić information content (AvgIpc) is 2.37. The van der Waals surface area contributed by atoms with E-state index in [0.717, 1.165) is 0 Å². The molecule has 0 aromatic rings. The fourth-order valence-corrected chi connectivity index (χ4v) is 2.44. The minimum absolute atomic E-state index is 1.31. The molecule has 0 aromatic carbocycles. The van der Waals surface area contributed by atoms with E-state index in [4.69, 9.17) is 0 Å². The Morgan fingerprint density at radius 3 is 1.22 bits per heavy atom. The van der Waals surface area contributed by atoms with Gasteiger partial charge >= 0.3 is 0 Å². The summed E-state index contributed by atoms with van der Waals surface area (Å²) in [7, 11) is 2.29. The monoisotopic (exact) mass is 255 g/mol. The summed E-state index contributed by atoms with van der Waals surface area (Å²) in [6, 6.07) is 0. The minimum atomic E-state index is 1.31. The molecule has 110 valence electrons. The van der Waals surface area contributed by atoms with E-state index in [1.54, 1.807) is 0 Å². The van der Waals surface area contributed by atoms with E-state index in [2.05, 4.69) is 25.8 Å². The van der Waals surface area contributed by atoms with Gasteiger partial charge in [0.05, 0.1) is 0 Å². The van der Waals surface area contributed by atoms with Crippen LogP contribution in [0, 0.1) is 0 Å². The Kier molecular flexibility index (Phi) is 15.0. The lowest BCUT2D eigenvalue weighted by Gasteiger charge is -2.16. The summed E-state index contributed by atoms with van der Waals surface area (Å²) in [6.45, 7) is 7.18. The standard InChI is InChI=1S/C17H37N/c1-4-6-8-10-11-13-15-17-18(3)16-14-12-9-7-5-2/h4-17H2,1-3H3. The van der Waals surface area contributed by atoms with Crippen molar-refractivity contribution < 1.29 is 0 Å².